The van der Waals surface area contributed by atoms with Gasteiger partial charge in [0.15, 0.2) is 9.84 Å². The van der Waals surface area contributed by atoms with Gasteiger partial charge in [-0.15, -0.1) is 0 Å². The molecule has 0 aromatic heterocycles. The van der Waals surface area contributed by atoms with Crippen molar-refractivity contribution in [2.45, 2.75) is 17.2 Å². The Hall–Kier alpha value is -1.07. The first-order valence-corrected chi connectivity index (χ1v) is 7.51. The average Bonchev–Trinajstić information content (AvgIpc) is 2.80. The van der Waals surface area contributed by atoms with Gasteiger partial charge in [0.1, 0.15) is 10.6 Å². The van der Waals surface area contributed by atoms with Gasteiger partial charge in [-0.25, -0.2) is 8.42 Å². The van der Waals surface area contributed by atoms with Crippen LogP contribution in [0.3, 0.4) is 0 Å². The molecule has 1 aromatic rings. The van der Waals surface area contributed by atoms with Gasteiger partial charge in [0.05, 0.1) is 7.11 Å². The van der Waals surface area contributed by atoms with E-state index in [-0.39, 0.29) is 5.92 Å². The van der Waals surface area contributed by atoms with E-state index in [4.69, 9.17) is 4.74 Å². The van der Waals surface area contributed by atoms with Crippen molar-refractivity contribution in [3.8, 4) is 5.75 Å². The predicted molar refractivity (Wildman–Crippen MR) is 66.3 cm³/mol. The van der Waals surface area contributed by atoms with Crippen LogP contribution in [-0.4, -0.2) is 34.9 Å². The second-order valence-corrected chi connectivity index (χ2v) is 6.29. The maximum absolute atomic E-state index is 11.9. The van der Waals surface area contributed by atoms with Gasteiger partial charge in [0.2, 0.25) is 0 Å². The average molecular weight is 255 g/mol. The van der Waals surface area contributed by atoms with Gasteiger partial charge in [0.25, 0.3) is 0 Å². The third-order valence-corrected chi connectivity index (χ3v) is 4.28. The highest BCUT2D eigenvalue weighted by Crippen LogP contribution is 2.34. The van der Waals surface area contributed by atoms with E-state index in [1.165, 1.54) is 13.4 Å². The van der Waals surface area contributed by atoms with Gasteiger partial charge in [-0.1, -0.05) is 12.1 Å². The summed E-state index contributed by atoms with van der Waals surface area (Å²) in [5, 5.41) is 3.25. The Labute approximate surface area is 102 Å². The molecule has 0 spiro atoms. The minimum Gasteiger partial charge on any atom is -0.495 e. The molecule has 1 heterocycles. The Morgan fingerprint density at radius 2 is 2.18 bits per heavy atom. The summed E-state index contributed by atoms with van der Waals surface area (Å²) in [5.74, 6) is 0.701. The number of hydrogen-bond acceptors (Lipinski definition) is 4. The SMILES string of the molecule is COc1cccc(C2CCNC2)c1S(C)(=O)=O. The van der Waals surface area contributed by atoms with Crippen LogP contribution in [0.5, 0.6) is 5.75 Å². The van der Waals surface area contributed by atoms with E-state index < -0.39 is 9.84 Å². The van der Waals surface area contributed by atoms with Crippen LogP contribution in [0.1, 0.15) is 17.9 Å². The van der Waals surface area contributed by atoms with Gasteiger partial charge in [-0.3, -0.25) is 0 Å². The molecular formula is C12H17NO3S. The first-order valence-electron chi connectivity index (χ1n) is 5.61. The summed E-state index contributed by atoms with van der Waals surface area (Å²) >= 11 is 0. The number of rotatable bonds is 3. The Kier molecular flexibility index (Phi) is 3.40. The Bertz CT molecular complexity index is 504. The van der Waals surface area contributed by atoms with Crippen LogP contribution < -0.4 is 10.1 Å². The standard InChI is InChI=1S/C12H17NO3S/c1-16-11-5-3-4-10(9-6-7-13-8-9)12(11)17(2,14)15/h3-5,9,13H,6-8H2,1-2H3. The topological polar surface area (TPSA) is 55.4 Å². The molecule has 17 heavy (non-hydrogen) atoms. The summed E-state index contributed by atoms with van der Waals surface area (Å²) in [4.78, 5) is 0.344. The minimum absolute atomic E-state index is 0.259. The van der Waals surface area contributed by atoms with Gasteiger partial charge < -0.3 is 10.1 Å². The molecule has 2 rings (SSSR count). The third kappa shape index (κ3) is 2.45. The molecule has 1 fully saturated rings. The lowest BCUT2D eigenvalue weighted by molar-refractivity contribution is 0.401. The van der Waals surface area contributed by atoms with E-state index in [0.717, 1.165) is 25.1 Å². The summed E-state index contributed by atoms with van der Waals surface area (Å²) in [6, 6.07) is 5.43. The van der Waals surface area contributed by atoms with Crippen LogP contribution in [0.25, 0.3) is 0 Å². The molecule has 5 heteroatoms. The third-order valence-electron chi connectivity index (χ3n) is 3.10. The van der Waals surface area contributed by atoms with Crippen LogP contribution in [0.15, 0.2) is 23.1 Å². The fourth-order valence-corrected chi connectivity index (χ4v) is 3.51. The predicted octanol–water partition coefficient (Wildman–Crippen LogP) is 1.18. The molecule has 1 aliphatic rings. The van der Waals surface area contributed by atoms with E-state index in [2.05, 4.69) is 5.32 Å². The molecule has 4 nitrogen and oxygen atoms in total. The monoisotopic (exact) mass is 255 g/mol. The van der Waals surface area contributed by atoms with E-state index in [0.29, 0.717) is 10.6 Å². The van der Waals surface area contributed by atoms with Crippen molar-refractivity contribution in [1.82, 2.24) is 5.32 Å². The Morgan fingerprint density at radius 1 is 1.41 bits per heavy atom. The molecule has 0 bridgehead atoms. The van der Waals surface area contributed by atoms with Crippen molar-refractivity contribution in [2.75, 3.05) is 26.5 Å². The summed E-state index contributed by atoms with van der Waals surface area (Å²) in [7, 11) is -1.77. The lowest BCUT2D eigenvalue weighted by Gasteiger charge is -2.16. The second kappa shape index (κ2) is 4.66. The summed E-state index contributed by atoms with van der Waals surface area (Å²) < 4.78 is 29.0. The molecule has 0 amide bonds. The molecule has 0 aliphatic carbocycles. The van der Waals surface area contributed by atoms with Crippen LogP contribution >= 0.6 is 0 Å². The van der Waals surface area contributed by atoms with Crippen molar-refractivity contribution in [3.63, 3.8) is 0 Å². The zero-order valence-electron chi connectivity index (χ0n) is 10.1. The van der Waals surface area contributed by atoms with Crippen LogP contribution in [0.4, 0.5) is 0 Å². The normalized spacial score (nSPS) is 20.5. The second-order valence-electron chi connectivity index (χ2n) is 4.34. The summed E-state index contributed by atoms with van der Waals surface area (Å²) in [6.45, 7) is 1.76. The van der Waals surface area contributed by atoms with E-state index >= 15 is 0 Å². The van der Waals surface area contributed by atoms with E-state index in [9.17, 15) is 8.42 Å². The first kappa shape index (κ1) is 12.4. The first-order chi connectivity index (χ1) is 8.04. The molecule has 0 radical (unpaired) electrons. The maximum Gasteiger partial charge on any atom is 0.179 e. The van der Waals surface area contributed by atoms with Crippen molar-refractivity contribution in [2.24, 2.45) is 0 Å². The number of methoxy groups -OCH3 is 1. The van der Waals surface area contributed by atoms with Gasteiger partial charge in [-0.2, -0.15) is 0 Å². The van der Waals surface area contributed by atoms with Crippen LogP contribution in [0.2, 0.25) is 0 Å². The largest absolute Gasteiger partial charge is 0.495 e. The Balaban J connectivity index is 2.58. The van der Waals surface area contributed by atoms with E-state index in [1.54, 1.807) is 6.07 Å². The summed E-state index contributed by atoms with van der Waals surface area (Å²) in [6.07, 6.45) is 2.20. The molecule has 94 valence electrons. The van der Waals surface area contributed by atoms with Gasteiger partial charge >= 0.3 is 0 Å². The van der Waals surface area contributed by atoms with Crippen LogP contribution in [0, 0.1) is 0 Å². The maximum atomic E-state index is 11.9. The lowest BCUT2D eigenvalue weighted by Crippen LogP contribution is -2.12. The molecule has 1 aliphatic heterocycles. The van der Waals surface area contributed by atoms with Gasteiger partial charge in [0, 0.05) is 12.8 Å². The van der Waals surface area contributed by atoms with E-state index in [1.807, 2.05) is 12.1 Å². The fraction of sp³-hybridized carbons (Fsp3) is 0.500. The number of sulfone groups is 1. The molecular weight excluding hydrogens is 238 g/mol. The quantitative estimate of drug-likeness (QED) is 0.881. The number of benzene rings is 1. The number of hydrogen-bond donors (Lipinski definition) is 1. The highest BCUT2D eigenvalue weighted by atomic mass is 32.2. The fourth-order valence-electron chi connectivity index (χ4n) is 2.33. The van der Waals surface area contributed by atoms with Crippen molar-refractivity contribution in [3.05, 3.63) is 23.8 Å². The molecule has 0 saturated carbocycles. The highest BCUT2D eigenvalue weighted by Gasteiger charge is 2.26. The summed E-state index contributed by atoms with van der Waals surface area (Å²) in [5.41, 5.74) is 0.872. The van der Waals surface area contributed by atoms with Crippen molar-refractivity contribution >= 4 is 9.84 Å². The molecule has 1 unspecified atom stereocenters. The van der Waals surface area contributed by atoms with Crippen molar-refractivity contribution < 1.29 is 13.2 Å². The minimum atomic E-state index is -3.27. The molecule has 1 aromatic carbocycles. The Morgan fingerprint density at radius 3 is 2.71 bits per heavy atom. The lowest BCUT2D eigenvalue weighted by atomic mass is 9.98. The molecule has 1 atom stereocenters. The highest BCUT2D eigenvalue weighted by molar-refractivity contribution is 7.90. The zero-order chi connectivity index (χ0) is 12.5. The van der Waals surface area contributed by atoms with Gasteiger partial charge in [-0.05, 0) is 30.5 Å². The van der Waals surface area contributed by atoms with Crippen LogP contribution in [-0.2, 0) is 9.84 Å². The molecule has 1 N–H and O–H groups in total. The zero-order valence-corrected chi connectivity index (χ0v) is 10.9. The number of ether oxygens (including phenoxy) is 1. The molecule has 1 saturated heterocycles. The van der Waals surface area contributed by atoms with Crippen molar-refractivity contribution in [1.29, 1.82) is 0 Å². The smallest absolute Gasteiger partial charge is 0.179 e. The number of nitrogens with one attached hydrogen (secondary N) is 1.